The predicted octanol–water partition coefficient (Wildman–Crippen LogP) is 5.14. The number of methoxy groups -OCH3 is 1. The molecule has 0 saturated carbocycles. The SMILES string of the molecule is COc1ccc(-c2cc(-c3ccccc3)n(CC(=O)N3Cc4nc(C)sc4C3)n2)cc1I. The first kappa shape index (κ1) is 21.1. The molecule has 2 aromatic carbocycles. The highest BCUT2D eigenvalue weighted by molar-refractivity contribution is 14.1. The van der Waals surface area contributed by atoms with Crippen molar-refractivity contribution in [3.8, 4) is 28.3 Å². The van der Waals surface area contributed by atoms with Crippen molar-refractivity contribution >= 4 is 39.8 Å². The normalized spacial score (nSPS) is 12.8. The Morgan fingerprint density at radius 3 is 2.66 bits per heavy atom. The third kappa shape index (κ3) is 4.04. The third-order valence-corrected chi connectivity index (χ3v) is 7.34. The second-order valence-corrected chi connectivity index (χ2v) is 10.1. The molecule has 0 bridgehead atoms. The number of carbonyl (C=O) groups is 1. The molecule has 0 N–H and O–H groups in total. The van der Waals surface area contributed by atoms with E-state index in [-0.39, 0.29) is 12.5 Å². The predicted molar refractivity (Wildman–Crippen MR) is 133 cm³/mol. The molecule has 1 aliphatic rings. The maximum atomic E-state index is 13.2. The van der Waals surface area contributed by atoms with Crippen LogP contribution in [0.3, 0.4) is 0 Å². The molecular formula is C24H21IN4O2S. The molecule has 0 atom stereocenters. The molecule has 5 rings (SSSR count). The molecule has 4 aromatic rings. The van der Waals surface area contributed by atoms with Gasteiger partial charge in [-0.15, -0.1) is 11.3 Å². The highest BCUT2D eigenvalue weighted by atomic mass is 127. The zero-order chi connectivity index (χ0) is 22.2. The number of hydrogen-bond acceptors (Lipinski definition) is 5. The first-order valence-electron chi connectivity index (χ1n) is 10.2. The van der Waals surface area contributed by atoms with E-state index in [2.05, 4.69) is 33.6 Å². The Bertz CT molecular complexity index is 1280. The zero-order valence-corrected chi connectivity index (χ0v) is 20.7. The first-order chi connectivity index (χ1) is 15.5. The summed E-state index contributed by atoms with van der Waals surface area (Å²) in [7, 11) is 1.67. The minimum absolute atomic E-state index is 0.0454. The third-order valence-electron chi connectivity index (χ3n) is 5.50. The lowest BCUT2D eigenvalue weighted by Gasteiger charge is -2.16. The molecule has 0 saturated heterocycles. The quantitative estimate of drug-likeness (QED) is 0.320. The van der Waals surface area contributed by atoms with Gasteiger partial charge in [0.2, 0.25) is 5.91 Å². The van der Waals surface area contributed by atoms with E-state index < -0.39 is 0 Å². The van der Waals surface area contributed by atoms with Crippen molar-refractivity contribution in [1.82, 2.24) is 19.7 Å². The van der Waals surface area contributed by atoms with Crippen LogP contribution >= 0.6 is 33.9 Å². The van der Waals surface area contributed by atoms with Crippen LogP contribution < -0.4 is 4.74 Å². The Labute approximate surface area is 204 Å². The number of thiazole rings is 1. The maximum absolute atomic E-state index is 13.2. The minimum Gasteiger partial charge on any atom is -0.496 e. The van der Waals surface area contributed by atoms with Gasteiger partial charge in [-0.25, -0.2) is 4.98 Å². The van der Waals surface area contributed by atoms with E-state index in [1.165, 1.54) is 4.88 Å². The lowest BCUT2D eigenvalue weighted by atomic mass is 10.1. The second kappa shape index (κ2) is 8.67. The van der Waals surface area contributed by atoms with E-state index in [4.69, 9.17) is 9.84 Å². The van der Waals surface area contributed by atoms with Crippen LogP contribution in [0.25, 0.3) is 22.5 Å². The Morgan fingerprint density at radius 2 is 1.94 bits per heavy atom. The van der Waals surface area contributed by atoms with Gasteiger partial charge < -0.3 is 9.64 Å². The van der Waals surface area contributed by atoms with Crippen LogP contribution in [-0.2, 0) is 24.4 Å². The smallest absolute Gasteiger partial charge is 0.245 e. The van der Waals surface area contributed by atoms with Crippen molar-refractivity contribution < 1.29 is 9.53 Å². The molecule has 3 heterocycles. The molecule has 8 heteroatoms. The van der Waals surface area contributed by atoms with Gasteiger partial charge in [0.25, 0.3) is 0 Å². The number of aromatic nitrogens is 3. The monoisotopic (exact) mass is 556 g/mol. The van der Waals surface area contributed by atoms with Crippen LogP contribution in [0, 0.1) is 10.5 Å². The lowest BCUT2D eigenvalue weighted by molar-refractivity contribution is -0.132. The van der Waals surface area contributed by atoms with Gasteiger partial charge in [-0.05, 0) is 59.3 Å². The summed E-state index contributed by atoms with van der Waals surface area (Å²) in [4.78, 5) is 20.8. The van der Waals surface area contributed by atoms with Crippen molar-refractivity contribution in [3.05, 3.63) is 73.7 Å². The highest BCUT2D eigenvalue weighted by Crippen LogP contribution is 2.31. The molecule has 0 aliphatic carbocycles. The summed E-state index contributed by atoms with van der Waals surface area (Å²) in [6, 6.07) is 18.1. The number of benzene rings is 2. The van der Waals surface area contributed by atoms with Crippen molar-refractivity contribution in [2.24, 2.45) is 0 Å². The molecule has 32 heavy (non-hydrogen) atoms. The summed E-state index contributed by atoms with van der Waals surface area (Å²) in [5.41, 5.74) is 4.79. The maximum Gasteiger partial charge on any atom is 0.245 e. The van der Waals surface area contributed by atoms with Crippen LogP contribution in [-0.4, -0.2) is 32.7 Å². The van der Waals surface area contributed by atoms with Gasteiger partial charge in [0, 0.05) is 10.4 Å². The minimum atomic E-state index is 0.0454. The number of hydrogen-bond donors (Lipinski definition) is 0. The van der Waals surface area contributed by atoms with Gasteiger partial charge in [-0.3, -0.25) is 9.48 Å². The van der Waals surface area contributed by atoms with Gasteiger partial charge in [-0.2, -0.15) is 5.10 Å². The van der Waals surface area contributed by atoms with Crippen LogP contribution in [0.15, 0.2) is 54.6 Å². The number of nitrogens with zero attached hydrogens (tertiary/aromatic N) is 4. The topological polar surface area (TPSA) is 60.2 Å². The Morgan fingerprint density at radius 1 is 1.12 bits per heavy atom. The summed E-state index contributed by atoms with van der Waals surface area (Å²) >= 11 is 3.93. The summed E-state index contributed by atoms with van der Waals surface area (Å²) in [5, 5.41) is 5.88. The fourth-order valence-electron chi connectivity index (χ4n) is 3.92. The van der Waals surface area contributed by atoms with E-state index in [0.29, 0.717) is 13.1 Å². The average molecular weight is 556 g/mol. The Balaban J connectivity index is 1.46. The highest BCUT2D eigenvalue weighted by Gasteiger charge is 2.27. The molecule has 0 fully saturated rings. The summed E-state index contributed by atoms with van der Waals surface area (Å²) < 4.78 is 8.21. The number of rotatable bonds is 5. The lowest BCUT2D eigenvalue weighted by Crippen LogP contribution is -2.30. The summed E-state index contributed by atoms with van der Waals surface area (Å²) in [6.45, 7) is 3.40. The first-order valence-corrected chi connectivity index (χ1v) is 12.1. The molecule has 0 unspecified atom stereocenters. The molecular weight excluding hydrogens is 535 g/mol. The number of fused-ring (bicyclic) bond motifs is 1. The molecule has 1 aliphatic heterocycles. The van der Waals surface area contributed by atoms with Gasteiger partial charge >= 0.3 is 0 Å². The van der Waals surface area contributed by atoms with E-state index in [9.17, 15) is 4.79 Å². The zero-order valence-electron chi connectivity index (χ0n) is 17.7. The molecule has 162 valence electrons. The van der Waals surface area contributed by atoms with E-state index in [1.807, 2.05) is 65.0 Å². The van der Waals surface area contributed by atoms with Crippen molar-refractivity contribution in [1.29, 1.82) is 0 Å². The summed E-state index contributed by atoms with van der Waals surface area (Å²) in [6.07, 6.45) is 0. The largest absolute Gasteiger partial charge is 0.496 e. The molecule has 0 radical (unpaired) electrons. The number of halogens is 1. The van der Waals surface area contributed by atoms with E-state index in [0.717, 1.165) is 42.5 Å². The second-order valence-electron chi connectivity index (χ2n) is 7.64. The number of aryl methyl sites for hydroxylation is 1. The fourth-order valence-corrected chi connectivity index (χ4v) is 5.62. The van der Waals surface area contributed by atoms with Gasteiger partial charge in [0.1, 0.15) is 12.3 Å². The average Bonchev–Trinajstić information content (AvgIpc) is 3.47. The van der Waals surface area contributed by atoms with Crippen LogP contribution in [0.2, 0.25) is 0 Å². The number of amides is 1. The summed E-state index contributed by atoms with van der Waals surface area (Å²) in [5.74, 6) is 0.876. The van der Waals surface area contributed by atoms with Crippen LogP contribution in [0.4, 0.5) is 0 Å². The van der Waals surface area contributed by atoms with Gasteiger partial charge in [0.15, 0.2) is 0 Å². The number of carbonyl (C=O) groups excluding carboxylic acids is 1. The Hall–Kier alpha value is -2.72. The molecule has 6 nitrogen and oxygen atoms in total. The van der Waals surface area contributed by atoms with Crippen LogP contribution in [0.1, 0.15) is 15.6 Å². The van der Waals surface area contributed by atoms with E-state index >= 15 is 0 Å². The number of ether oxygens (including phenoxy) is 1. The Kier molecular flexibility index (Phi) is 5.73. The van der Waals surface area contributed by atoms with Crippen molar-refractivity contribution in [3.63, 3.8) is 0 Å². The standard InChI is InChI=1S/C24H21IN4O2S/c1-15-26-20-12-28(13-23(20)32-15)24(30)14-29-21(16-6-4-3-5-7-16)11-19(27-29)17-8-9-22(31-2)18(25)10-17/h3-11H,12-14H2,1-2H3. The fraction of sp³-hybridized carbons (Fsp3) is 0.208. The van der Waals surface area contributed by atoms with Gasteiger partial charge in [0.05, 0.1) is 45.9 Å². The van der Waals surface area contributed by atoms with Crippen molar-refractivity contribution in [2.75, 3.05) is 7.11 Å². The molecule has 0 spiro atoms. The van der Waals surface area contributed by atoms with E-state index in [1.54, 1.807) is 18.4 Å². The van der Waals surface area contributed by atoms with Crippen LogP contribution in [0.5, 0.6) is 5.75 Å². The van der Waals surface area contributed by atoms with Gasteiger partial charge in [-0.1, -0.05) is 30.3 Å². The molecule has 1 amide bonds. The molecule has 2 aromatic heterocycles. The van der Waals surface area contributed by atoms with Crippen molar-refractivity contribution in [2.45, 2.75) is 26.6 Å².